The number of imidazole rings is 1. The number of unbranched alkanes of at least 4 members (excludes halogenated alkanes) is 1. The first-order valence-corrected chi connectivity index (χ1v) is 7.64. The molecule has 0 unspecified atom stereocenters. The molecule has 2 aromatic rings. The molecule has 0 radical (unpaired) electrons. The fraction of sp³-hybridized carbons (Fsp3) is 0.471. The lowest BCUT2D eigenvalue weighted by atomic mass is 10.1. The van der Waals surface area contributed by atoms with Crippen molar-refractivity contribution in [2.45, 2.75) is 46.3 Å². The molecule has 0 saturated carbocycles. The lowest BCUT2D eigenvalue weighted by Crippen LogP contribution is -2.06. The highest BCUT2D eigenvalue weighted by Crippen LogP contribution is 2.28. The van der Waals surface area contributed by atoms with Gasteiger partial charge in [-0.2, -0.15) is 0 Å². The van der Waals surface area contributed by atoms with Gasteiger partial charge in [-0.3, -0.25) is 0 Å². The monoisotopic (exact) mass is 287 g/mol. The summed E-state index contributed by atoms with van der Waals surface area (Å²) in [6, 6.07) is 8.24. The molecule has 1 heterocycles. The number of hydrogen-bond donors (Lipinski definition) is 1. The molecule has 4 nitrogen and oxygen atoms in total. The smallest absolute Gasteiger partial charge is 0.131 e. The molecular weight excluding hydrogens is 262 g/mol. The van der Waals surface area contributed by atoms with Crippen molar-refractivity contribution in [3.8, 4) is 11.3 Å². The lowest BCUT2D eigenvalue weighted by Gasteiger charge is -2.08. The maximum absolute atomic E-state index is 6.35. The SMILES string of the molecule is CCCCn1c(CC)nc(-c2cccc(COC)c2)c1N. The fourth-order valence-corrected chi connectivity index (χ4v) is 2.54. The average molecular weight is 287 g/mol. The molecule has 0 bridgehead atoms. The number of aromatic nitrogens is 2. The molecule has 21 heavy (non-hydrogen) atoms. The van der Waals surface area contributed by atoms with Crippen molar-refractivity contribution in [1.29, 1.82) is 0 Å². The zero-order chi connectivity index (χ0) is 15.2. The molecule has 0 aliphatic heterocycles. The minimum Gasteiger partial charge on any atom is -0.383 e. The predicted octanol–water partition coefficient (Wildman–Crippen LogP) is 3.64. The van der Waals surface area contributed by atoms with E-state index in [0.29, 0.717) is 6.61 Å². The topological polar surface area (TPSA) is 53.1 Å². The minimum absolute atomic E-state index is 0.602. The first-order valence-electron chi connectivity index (χ1n) is 7.64. The van der Waals surface area contributed by atoms with E-state index in [0.717, 1.165) is 54.3 Å². The summed E-state index contributed by atoms with van der Waals surface area (Å²) in [6.07, 6.45) is 3.17. The van der Waals surface area contributed by atoms with Gasteiger partial charge >= 0.3 is 0 Å². The summed E-state index contributed by atoms with van der Waals surface area (Å²) in [5.74, 6) is 1.84. The molecule has 0 fully saturated rings. The third kappa shape index (κ3) is 3.45. The Morgan fingerprint density at radius 2 is 2.10 bits per heavy atom. The summed E-state index contributed by atoms with van der Waals surface area (Å²) in [7, 11) is 1.70. The number of ether oxygens (including phenoxy) is 1. The van der Waals surface area contributed by atoms with Crippen LogP contribution in [0, 0.1) is 0 Å². The minimum atomic E-state index is 0.602. The Morgan fingerprint density at radius 3 is 2.76 bits per heavy atom. The van der Waals surface area contributed by atoms with Crippen molar-refractivity contribution in [1.82, 2.24) is 9.55 Å². The Balaban J connectivity index is 2.39. The third-order valence-electron chi connectivity index (χ3n) is 3.65. The average Bonchev–Trinajstić information content (AvgIpc) is 2.82. The second-order valence-corrected chi connectivity index (χ2v) is 5.25. The normalized spacial score (nSPS) is 11.0. The highest BCUT2D eigenvalue weighted by Gasteiger charge is 2.15. The molecule has 114 valence electrons. The standard InChI is InChI=1S/C17H25N3O/c1-4-6-10-20-15(5-2)19-16(17(20)18)14-9-7-8-13(11-14)12-21-3/h7-9,11H,4-6,10,12,18H2,1-3H3. The molecule has 0 spiro atoms. The number of hydrogen-bond acceptors (Lipinski definition) is 3. The fourth-order valence-electron chi connectivity index (χ4n) is 2.54. The van der Waals surface area contributed by atoms with Gasteiger partial charge in [0, 0.05) is 25.6 Å². The zero-order valence-electron chi connectivity index (χ0n) is 13.2. The summed E-state index contributed by atoms with van der Waals surface area (Å²) < 4.78 is 7.35. The number of benzene rings is 1. The number of methoxy groups -OCH3 is 1. The summed E-state index contributed by atoms with van der Waals surface area (Å²) in [4.78, 5) is 4.75. The Kier molecular flexibility index (Phi) is 5.39. The molecule has 0 aliphatic rings. The van der Waals surface area contributed by atoms with Crippen molar-refractivity contribution in [2.24, 2.45) is 0 Å². The largest absolute Gasteiger partial charge is 0.383 e. The van der Waals surface area contributed by atoms with E-state index < -0.39 is 0 Å². The maximum atomic E-state index is 6.35. The van der Waals surface area contributed by atoms with Gasteiger partial charge in [0.25, 0.3) is 0 Å². The number of nitrogen functional groups attached to an aromatic ring is 1. The molecule has 2 N–H and O–H groups in total. The van der Waals surface area contributed by atoms with Gasteiger partial charge in [0.2, 0.25) is 0 Å². The molecule has 0 aliphatic carbocycles. The van der Waals surface area contributed by atoms with Crippen LogP contribution >= 0.6 is 0 Å². The van der Waals surface area contributed by atoms with Crippen LogP contribution in [0.25, 0.3) is 11.3 Å². The van der Waals surface area contributed by atoms with E-state index in [1.54, 1.807) is 7.11 Å². The van der Waals surface area contributed by atoms with Crippen LogP contribution in [0.4, 0.5) is 5.82 Å². The van der Waals surface area contributed by atoms with Crippen LogP contribution in [-0.2, 0) is 24.3 Å². The van der Waals surface area contributed by atoms with Gasteiger partial charge in [0.1, 0.15) is 17.3 Å². The van der Waals surface area contributed by atoms with Crippen LogP contribution in [-0.4, -0.2) is 16.7 Å². The molecule has 0 atom stereocenters. The van der Waals surface area contributed by atoms with Crippen molar-refractivity contribution in [3.05, 3.63) is 35.7 Å². The maximum Gasteiger partial charge on any atom is 0.131 e. The van der Waals surface area contributed by atoms with Crippen LogP contribution in [0.15, 0.2) is 24.3 Å². The van der Waals surface area contributed by atoms with Crippen LogP contribution in [0.5, 0.6) is 0 Å². The van der Waals surface area contributed by atoms with Gasteiger partial charge in [-0.25, -0.2) is 4.98 Å². The molecule has 0 amide bonds. The lowest BCUT2D eigenvalue weighted by molar-refractivity contribution is 0.185. The first-order chi connectivity index (χ1) is 10.2. The number of nitrogens with two attached hydrogens (primary N) is 1. The van der Waals surface area contributed by atoms with Gasteiger partial charge < -0.3 is 15.0 Å². The molecule has 2 rings (SSSR count). The van der Waals surface area contributed by atoms with Crippen molar-refractivity contribution in [3.63, 3.8) is 0 Å². The summed E-state index contributed by atoms with van der Waals surface area (Å²) in [6.45, 7) is 5.85. The molecule has 4 heteroatoms. The number of anilines is 1. The second kappa shape index (κ2) is 7.27. The highest BCUT2D eigenvalue weighted by molar-refractivity contribution is 5.71. The summed E-state index contributed by atoms with van der Waals surface area (Å²) in [5.41, 5.74) is 9.43. The van der Waals surface area contributed by atoms with E-state index in [1.807, 2.05) is 6.07 Å². The Labute approximate surface area is 127 Å². The van der Waals surface area contributed by atoms with Gasteiger partial charge in [-0.15, -0.1) is 0 Å². The molecule has 1 aromatic heterocycles. The van der Waals surface area contributed by atoms with Gasteiger partial charge in [-0.1, -0.05) is 38.5 Å². The second-order valence-electron chi connectivity index (χ2n) is 5.25. The summed E-state index contributed by atoms with van der Waals surface area (Å²) in [5, 5.41) is 0. The van der Waals surface area contributed by atoms with Gasteiger partial charge in [0.05, 0.1) is 6.61 Å². The van der Waals surface area contributed by atoms with Crippen LogP contribution in [0.3, 0.4) is 0 Å². The quantitative estimate of drug-likeness (QED) is 0.846. The van der Waals surface area contributed by atoms with Gasteiger partial charge in [0.15, 0.2) is 0 Å². The van der Waals surface area contributed by atoms with Gasteiger partial charge in [-0.05, 0) is 18.1 Å². The number of aryl methyl sites for hydroxylation is 1. The predicted molar refractivity (Wildman–Crippen MR) is 87.1 cm³/mol. The Morgan fingerprint density at radius 1 is 1.29 bits per heavy atom. The van der Waals surface area contributed by atoms with E-state index in [1.165, 1.54) is 0 Å². The van der Waals surface area contributed by atoms with Crippen molar-refractivity contribution in [2.75, 3.05) is 12.8 Å². The van der Waals surface area contributed by atoms with Crippen LogP contribution < -0.4 is 5.73 Å². The van der Waals surface area contributed by atoms with E-state index in [2.05, 4.69) is 36.6 Å². The van der Waals surface area contributed by atoms with Crippen molar-refractivity contribution < 1.29 is 4.74 Å². The van der Waals surface area contributed by atoms with E-state index >= 15 is 0 Å². The van der Waals surface area contributed by atoms with E-state index in [4.69, 9.17) is 15.5 Å². The molecule has 1 aromatic carbocycles. The summed E-state index contributed by atoms with van der Waals surface area (Å²) >= 11 is 0. The van der Waals surface area contributed by atoms with Crippen LogP contribution in [0.2, 0.25) is 0 Å². The number of rotatable bonds is 7. The Bertz CT molecular complexity index is 590. The Hall–Kier alpha value is -1.81. The molecule has 0 saturated heterocycles. The van der Waals surface area contributed by atoms with E-state index in [9.17, 15) is 0 Å². The highest BCUT2D eigenvalue weighted by atomic mass is 16.5. The van der Waals surface area contributed by atoms with Crippen LogP contribution in [0.1, 0.15) is 38.1 Å². The molecular formula is C17H25N3O. The zero-order valence-corrected chi connectivity index (χ0v) is 13.2. The third-order valence-corrected chi connectivity index (χ3v) is 3.65. The van der Waals surface area contributed by atoms with Crippen molar-refractivity contribution >= 4 is 5.82 Å². The number of nitrogens with zero attached hydrogens (tertiary/aromatic N) is 2. The first kappa shape index (κ1) is 15.6. The van der Waals surface area contributed by atoms with E-state index in [-0.39, 0.29) is 0 Å².